The average Bonchev–Trinajstić information content (AvgIpc) is 2.10. The third-order valence-electron chi connectivity index (χ3n) is 2.20. The van der Waals surface area contributed by atoms with Crippen LogP contribution in [-0.4, -0.2) is 19.3 Å². The Bertz CT molecular complexity index is 376. The van der Waals surface area contributed by atoms with Crippen LogP contribution in [0.5, 0.6) is 0 Å². The number of rotatable bonds is 1. The summed E-state index contributed by atoms with van der Waals surface area (Å²) in [5, 5.41) is 11.4. The van der Waals surface area contributed by atoms with Gasteiger partial charge < -0.3 is 4.90 Å². The van der Waals surface area contributed by atoms with E-state index in [-0.39, 0.29) is 0 Å². The Morgan fingerprint density at radius 1 is 1.21 bits per heavy atom. The molecule has 0 aromatic heterocycles. The Hall–Kier alpha value is -1.69. The minimum absolute atomic E-state index is 0.859. The standard InChI is InChI=1S/C11H14N2O/c1-8-5-10(13(3)4)6-9(2)11(8)7-12-14/h5-6H,1-4H3/p+1. The molecular weight excluding hydrogens is 176 g/mol. The summed E-state index contributed by atoms with van der Waals surface area (Å²) in [6, 6.07) is 6.66. The van der Waals surface area contributed by atoms with Crippen molar-refractivity contribution in [3.05, 3.63) is 33.8 Å². The van der Waals surface area contributed by atoms with Crippen molar-refractivity contribution in [1.82, 2.24) is 0 Å². The number of benzene rings is 1. The molecule has 0 aliphatic rings. The van der Waals surface area contributed by atoms with Gasteiger partial charge in [-0.05, 0) is 37.1 Å². The van der Waals surface area contributed by atoms with Gasteiger partial charge in [-0.15, -0.1) is 0 Å². The van der Waals surface area contributed by atoms with Crippen molar-refractivity contribution in [2.75, 3.05) is 19.0 Å². The van der Waals surface area contributed by atoms with Crippen LogP contribution in [0.3, 0.4) is 0 Å². The molecule has 0 bridgehead atoms. The van der Waals surface area contributed by atoms with Crippen LogP contribution in [0.25, 0.3) is 5.01 Å². The molecule has 0 heterocycles. The number of hydrogen-bond acceptors (Lipinski definition) is 2. The van der Waals surface area contributed by atoms with E-state index >= 15 is 0 Å². The van der Waals surface area contributed by atoms with E-state index in [2.05, 4.69) is 11.1 Å². The molecule has 0 atom stereocenters. The molecule has 0 saturated carbocycles. The molecule has 1 aromatic carbocycles. The van der Waals surface area contributed by atoms with Crippen molar-refractivity contribution in [1.29, 1.82) is 0 Å². The quantitative estimate of drug-likeness (QED) is 0.690. The van der Waals surface area contributed by atoms with Gasteiger partial charge in [0, 0.05) is 19.8 Å². The zero-order valence-electron chi connectivity index (χ0n) is 9.00. The van der Waals surface area contributed by atoms with E-state index in [0.717, 1.165) is 22.4 Å². The van der Waals surface area contributed by atoms with E-state index in [1.807, 2.05) is 45.0 Å². The van der Waals surface area contributed by atoms with Crippen molar-refractivity contribution < 1.29 is 5.21 Å². The number of hydrogen-bond donors (Lipinski definition) is 1. The summed E-state index contributed by atoms with van der Waals surface area (Å²) in [6.07, 6.45) is 0. The molecule has 0 aliphatic carbocycles. The fraction of sp³-hybridized carbons (Fsp3) is 0.364. The predicted octanol–water partition coefficient (Wildman–Crippen LogP) is 2.44. The van der Waals surface area contributed by atoms with Crippen molar-refractivity contribution in [2.24, 2.45) is 0 Å². The van der Waals surface area contributed by atoms with Gasteiger partial charge in [-0.3, -0.25) is 0 Å². The Morgan fingerprint density at radius 3 is 2.07 bits per heavy atom. The van der Waals surface area contributed by atoms with Crippen LogP contribution in [0.2, 0.25) is 0 Å². The second-order valence-corrected chi connectivity index (χ2v) is 3.56. The zero-order valence-corrected chi connectivity index (χ0v) is 9.00. The maximum Gasteiger partial charge on any atom is 0.388 e. The number of anilines is 1. The summed E-state index contributed by atoms with van der Waals surface area (Å²) in [6.45, 7) is 3.96. The third kappa shape index (κ3) is 1.97. The molecular formula is C11H15N2O+. The Balaban J connectivity index is 3.29. The fourth-order valence-corrected chi connectivity index (χ4v) is 1.43. The van der Waals surface area contributed by atoms with E-state index in [9.17, 15) is 0 Å². The zero-order chi connectivity index (χ0) is 10.7. The van der Waals surface area contributed by atoms with Crippen LogP contribution in [0.4, 0.5) is 5.69 Å². The molecule has 74 valence electrons. The lowest BCUT2D eigenvalue weighted by Crippen LogP contribution is -2.09. The van der Waals surface area contributed by atoms with Crippen LogP contribution < -0.4 is 4.90 Å². The van der Waals surface area contributed by atoms with E-state index in [1.165, 1.54) is 0 Å². The lowest BCUT2D eigenvalue weighted by molar-refractivity contribution is 0.465. The van der Waals surface area contributed by atoms with E-state index in [0.29, 0.717) is 0 Å². The summed E-state index contributed by atoms with van der Waals surface area (Å²) in [5.41, 5.74) is 4.12. The molecule has 0 fully saturated rings. The fourth-order valence-electron chi connectivity index (χ4n) is 1.43. The van der Waals surface area contributed by atoms with Gasteiger partial charge in [0.05, 0.1) is 0 Å². The van der Waals surface area contributed by atoms with Gasteiger partial charge in [-0.1, -0.05) is 0 Å². The third-order valence-corrected chi connectivity index (χ3v) is 2.20. The molecule has 1 aromatic rings. The van der Waals surface area contributed by atoms with E-state index in [1.54, 1.807) is 0 Å². The normalized spacial score (nSPS) is 9.14. The number of aryl methyl sites for hydroxylation is 2. The smallest absolute Gasteiger partial charge is 0.378 e. The summed E-state index contributed by atoms with van der Waals surface area (Å²) < 4.78 is 0. The molecule has 0 radical (unpaired) electrons. The largest absolute Gasteiger partial charge is 0.388 e. The second kappa shape index (κ2) is 4.01. The van der Waals surface area contributed by atoms with Crippen LogP contribution in [-0.2, 0) is 0 Å². The van der Waals surface area contributed by atoms with Crippen molar-refractivity contribution >= 4 is 5.69 Å². The first-order valence-corrected chi connectivity index (χ1v) is 4.45. The predicted molar refractivity (Wildman–Crippen MR) is 58.4 cm³/mol. The van der Waals surface area contributed by atoms with E-state index < -0.39 is 0 Å². The molecule has 0 saturated heterocycles. The maximum absolute atomic E-state index is 8.45. The highest BCUT2D eigenvalue weighted by Crippen LogP contribution is 2.20. The summed E-state index contributed by atoms with van der Waals surface area (Å²) >= 11 is 0. The molecule has 0 unspecified atom stereocenters. The van der Waals surface area contributed by atoms with Crippen molar-refractivity contribution in [3.63, 3.8) is 0 Å². The Kier molecular flexibility index (Phi) is 2.98. The first-order chi connectivity index (χ1) is 6.56. The molecule has 3 nitrogen and oxygen atoms in total. The monoisotopic (exact) mass is 191 g/mol. The van der Waals surface area contributed by atoms with Crippen LogP contribution in [0.1, 0.15) is 16.7 Å². The average molecular weight is 191 g/mol. The van der Waals surface area contributed by atoms with E-state index in [4.69, 9.17) is 5.21 Å². The lowest BCUT2D eigenvalue weighted by atomic mass is 10.0. The molecule has 0 aliphatic heterocycles. The van der Waals surface area contributed by atoms with Crippen molar-refractivity contribution in [3.8, 4) is 6.07 Å². The van der Waals surface area contributed by atoms with Crippen LogP contribution >= 0.6 is 0 Å². The maximum atomic E-state index is 8.45. The van der Waals surface area contributed by atoms with Gasteiger partial charge >= 0.3 is 6.07 Å². The lowest BCUT2D eigenvalue weighted by Gasteiger charge is -2.14. The first kappa shape index (κ1) is 10.4. The molecule has 14 heavy (non-hydrogen) atoms. The highest BCUT2D eigenvalue weighted by atomic mass is 16.4. The van der Waals surface area contributed by atoms with Crippen LogP contribution in [0, 0.1) is 19.9 Å². The summed E-state index contributed by atoms with van der Waals surface area (Å²) in [5.74, 6) is 0. The topological polar surface area (TPSA) is 27.8 Å². The van der Waals surface area contributed by atoms with Gasteiger partial charge in [0.2, 0.25) is 5.01 Å². The molecule has 1 N–H and O–H groups in total. The van der Waals surface area contributed by atoms with Gasteiger partial charge in [0.1, 0.15) is 5.56 Å². The minimum atomic E-state index is 0.859. The van der Waals surface area contributed by atoms with Gasteiger partial charge in [-0.25, -0.2) is 0 Å². The highest BCUT2D eigenvalue weighted by Gasteiger charge is 2.09. The first-order valence-electron chi connectivity index (χ1n) is 4.45. The van der Waals surface area contributed by atoms with Gasteiger partial charge in [-0.2, -0.15) is 5.21 Å². The highest BCUT2D eigenvalue weighted by molar-refractivity contribution is 5.57. The van der Waals surface area contributed by atoms with Crippen molar-refractivity contribution in [2.45, 2.75) is 13.8 Å². The summed E-state index contributed by atoms with van der Waals surface area (Å²) in [7, 11) is 4.00. The molecule has 1 rings (SSSR count). The second-order valence-electron chi connectivity index (χ2n) is 3.56. The number of nitrogens with zero attached hydrogens (tertiary/aromatic N) is 2. The molecule has 0 spiro atoms. The SMILES string of the molecule is Cc1cc(N(C)C)cc(C)c1C#[N+]O. The molecule has 0 amide bonds. The van der Waals surface area contributed by atoms with Crippen LogP contribution in [0.15, 0.2) is 12.1 Å². The van der Waals surface area contributed by atoms with Gasteiger partial charge in [0.15, 0.2) is 0 Å². The molecule has 3 heteroatoms. The van der Waals surface area contributed by atoms with Gasteiger partial charge in [0.25, 0.3) is 0 Å². The Morgan fingerprint density at radius 2 is 1.71 bits per heavy atom. The minimum Gasteiger partial charge on any atom is -0.378 e. The Labute approximate surface area is 84.4 Å². The summed E-state index contributed by atoms with van der Waals surface area (Å²) in [4.78, 5) is 2.04.